The van der Waals surface area contributed by atoms with Gasteiger partial charge in [-0.05, 0) is 36.2 Å². The van der Waals surface area contributed by atoms with Crippen LogP contribution < -0.4 is 0 Å². The Bertz CT molecular complexity index is 483. The molecule has 0 aliphatic carbocycles. The maximum absolute atomic E-state index is 11.8. The van der Waals surface area contributed by atoms with E-state index in [1.807, 2.05) is 39.0 Å². The molecule has 0 heterocycles. The molecule has 0 aromatic heterocycles. The van der Waals surface area contributed by atoms with Gasteiger partial charge in [0.15, 0.2) is 0 Å². The summed E-state index contributed by atoms with van der Waals surface area (Å²) in [5.41, 5.74) is 1.20. The average molecular weight is 349 g/mol. The second kappa shape index (κ2) is 11.4. The number of hydrogen-bond acceptors (Lipinski definition) is 3. The molecule has 0 amide bonds. The first-order valence-electron chi connectivity index (χ1n) is 9.62. The molecular formula is C22H36O3. The molecule has 3 heteroatoms. The van der Waals surface area contributed by atoms with Crippen LogP contribution in [0.3, 0.4) is 0 Å². The predicted molar refractivity (Wildman–Crippen MR) is 103 cm³/mol. The Balaban J connectivity index is 2.25. The Morgan fingerprint density at radius 3 is 2.24 bits per heavy atom. The van der Waals surface area contributed by atoms with E-state index in [-0.39, 0.29) is 24.0 Å². The van der Waals surface area contributed by atoms with Crippen LogP contribution in [0, 0.1) is 23.7 Å². The maximum Gasteiger partial charge on any atom is 0.138 e. The predicted octanol–water partition coefficient (Wildman–Crippen LogP) is 4.87. The fraction of sp³-hybridized carbons (Fsp3) is 0.682. The number of benzene rings is 1. The summed E-state index contributed by atoms with van der Waals surface area (Å²) >= 11 is 0. The number of carbonyl (C=O) groups excluding carboxylic acids is 1. The van der Waals surface area contributed by atoms with Crippen LogP contribution in [0.4, 0.5) is 0 Å². The highest BCUT2D eigenvalue weighted by atomic mass is 16.5. The van der Waals surface area contributed by atoms with Gasteiger partial charge in [-0.15, -0.1) is 0 Å². The van der Waals surface area contributed by atoms with Crippen molar-refractivity contribution in [3.8, 4) is 0 Å². The Labute approximate surface area is 153 Å². The van der Waals surface area contributed by atoms with Gasteiger partial charge in [0.25, 0.3) is 0 Å². The summed E-state index contributed by atoms with van der Waals surface area (Å²) in [7, 11) is 0. The van der Waals surface area contributed by atoms with Crippen molar-refractivity contribution in [3.05, 3.63) is 35.9 Å². The summed E-state index contributed by atoms with van der Waals surface area (Å²) in [6.45, 7) is 11.7. The van der Waals surface area contributed by atoms with Gasteiger partial charge in [-0.2, -0.15) is 0 Å². The van der Waals surface area contributed by atoms with Crippen molar-refractivity contribution in [1.29, 1.82) is 0 Å². The number of rotatable bonds is 12. The Morgan fingerprint density at radius 2 is 1.64 bits per heavy atom. The lowest BCUT2D eigenvalue weighted by Gasteiger charge is -2.24. The van der Waals surface area contributed by atoms with Gasteiger partial charge in [0, 0.05) is 18.9 Å². The van der Waals surface area contributed by atoms with Gasteiger partial charge in [0.2, 0.25) is 0 Å². The van der Waals surface area contributed by atoms with Crippen LogP contribution in [0.15, 0.2) is 30.3 Å². The summed E-state index contributed by atoms with van der Waals surface area (Å²) < 4.78 is 5.82. The van der Waals surface area contributed by atoms with Crippen molar-refractivity contribution < 1.29 is 14.6 Å². The number of ketones is 1. The number of aliphatic hydroxyl groups excluding tert-OH is 1. The second-order valence-corrected chi connectivity index (χ2v) is 8.05. The highest BCUT2D eigenvalue weighted by Crippen LogP contribution is 2.24. The monoisotopic (exact) mass is 348 g/mol. The number of carbonyl (C=O) groups is 1. The van der Waals surface area contributed by atoms with E-state index in [0.29, 0.717) is 18.4 Å². The molecule has 0 saturated carbocycles. The van der Waals surface area contributed by atoms with Gasteiger partial charge in [0.05, 0.1) is 12.7 Å². The van der Waals surface area contributed by atoms with Gasteiger partial charge >= 0.3 is 0 Å². The van der Waals surface area contributed by atoms with E-state index >= 15 is 0 Å². The normalized spacial score (nSPS) is 16.4. The van der Waals surface area contributed by atoms with E-state index in [2.05, 4.69) is 26.0 Å². The van der Waals surface area contributed by atoms with Crippen molar-refractivity contribution in [2.24, 2.45) is 23.7 Å². The van der Waals surface area contributed by atoms with Crippen molar-refractivity contribution in [1.82, 2.24) is 0 Å². The smallest absolute Gasteiger partial charge is 0.138 e. The molecule has 1 N–H and O–H groups in total. The molecule has 0 spiro atoms. The van der Waals surface area contributed by atoms with Crippen LogP contribution in [0.1, 0.15) is 59.4 Å². The Hall–Kier alpha value is -1.19. The minimum Gasteiger partial charge on any atom is -0.392 e. The van der Waals surface area contributed by atoms with Crippen molar-refractivity contribution in [3.63, 3.8) is 0 Å². The molecule has 0 fully saturated rings. The van der Waals surface area contributed by atoms with Gasteiger partial charge in [-0.3, -0.25) is 4.79 Å². The number of aliphatic hydroxyl groups is 1. The quantitative estimate of drug-likeness (QED) is 0.586. The summed E-state index contributed by atoms with van der Waals surface area (Å²) in [5, 5.41) is 10.2. The number of hydrogen-bond donors (Lipinski definition) is 1. The minimum absolute atomic E-state index is 0.000981. The zero-order chi connectivity index (χ0) is 18.8. The lowest BCUT2D eigenvalue weighted by molar-refractivity contribution is -0.124. The van der Waals surface area contributed by atoms with Crippen LogP contribution in [0.2, 0.25) is 0 Å². The molecule has 1 aromatic carbocycles. The van der Waals surface area contributed by atoms with Crippen LogP contribution in [0.25, 0.3) is 0 Å². The third kappa shape index (κ3) is 9.18. The largest absolute Gasteiger partial charge is 0.392 e. The lowest BCUT2D eigenvalue weighted by atomic mass is 9.85. The Kier molecular flexibility index (Phi) is 9.99. The molecule has 0 radical (unpaired) electrons. The first-order valence-corrected chi connectivity index (χ1v) is 9.62. The van der Waals surface area contributed by atoms with E-state index in [1.165, 1.54) is 5.56 Å². The molecule has 3 nitrogen and oxygen atoms in total. The molecule has 0 aliphatic rings. The number of ether oxygens (including phenoxy) is 1. The molecule has 1 aromatic rings. The molecule has 4 atom stereocenters. The molecule has 25 heavy (non-hydrogen) atoms. The zero-order valence-electron chi connectivity index (χ0n) is 16.6. The summed E-state index contributed by atoms with van der Waals surface area (Å²) in [6, 6.07) is 10.2. The topological polar surface area (TPSA) is 46.5 Å². The van der Waals surface area contributed by atoms with Crippen molar-refractivity contribution >= 4 is 5.78 Å². The summed E-state index contributed by atoms with van der Waals surface area (Å²) in [6.07, 6.45) is 1.77. The van der Waals surface area contributed by atoms with E-state index in [1.54, 1.807) is 0 Å². The van der Waals surface area contributed by atoms with Crippen LogP contribution >= 0.6 is 0 Å². The molecule has 0 aliphatic heterocycles. The van der Waals surface area contributed by atoms with Crippen LogP contribution in [-0.2, 0) is 16.1 Å². The standard InChI is InChI=1S/C22H36O3/c1-16(2)21(23)13-22(24)19(5)12-17(3)11-18(4)14-25-15-20-9-7-6-8-10-20/h6-10,16-19,22,24H,11-15H2,1-5H3/t17-,18+,19-,22+/m1/s1. The maximum atomic E-state index is 11.8. The highest BCUT2D eigenvalue weighted by molar-refractivity contribution is 5.80. The third-order valence-electron chi connectivity index (χ3n) is 4.80. The lowest BCUT2D eigenvalue weighted by Crippen LogP contribution is -2.25. The SMILES string of the molecule is CC(C)C(=O)C[C@H](O)[C@H](C)C[C@H](C)C[C@H](C)COCc1ccccc1. The number of Topliss-reactive ketones (excluding diaryl/α,β-unsaturated/α-hetero) is 1. The van der Waals surface area contributed by atoms with Crippen LogP contribution in [-0.4, -0.2) is 23.6 Å². The molecule has 0 unspecified atom stereocenters. The van der Waals surface area contributed by atoms with E-state index in [9.17, 15) is 9.90 Å². The van der Waals surface area contributed by atoms with Gasteiger partial charge in [-0.25, -0.2) is 0 Å². The van der Waals surface area contributed by atoms with Crippen molar-refractivity contribution in [2.75, 3.05) is 6.61 Å². The second-order valence-electron chi connectivity index (χ2n) is 8.05. The fourth-order valence-corrected chi connectivity index (χ4v) is 3.24. The van der Waals surface area contributed by atoms with E-state index in [4.69, 9.17) is 4.74 Å². The van der Waals surface area contributed by atoms with Crippen molar-refractivity contribution in [2.45, 2.75) is 66.6 Å². The van der Waals surface area contributed by atoms with E-state index in [0.717, 1.165) is 19.4 Å². The molecule has 0 bridgehead atoms. The summed E-state index contributed by atoms with van der Waals surface area (Å²) in [5.74, 6) is 1.29. The minimum atomic E-state index is -0.526. The first kappa shape index (κ1) is 21.9. The fourth-order valence-electron chi connectivity index (χ4n) is 3.24. The Morgan fingerprint density at radius 1 is 1.00 bits per heavy atom. The molecular weight excluding hydrogens is 312 g/mol. The molecule has 142 valence electrons. The van der Waals surface area contributed by atoms with Crippen LogP contribution in [0.5, 0.6) is 0 Å². The van der Waals surface area contributed by atoms with Gasteiger partial charge in [0.1, 0.15) is 5.78 Å². The first-order chi connectivity index (χ1) is 11.8. The third-order valence-corrected chi connectivity index (χ3v) is 4.80. The molecule has 0 saturated heterocycles. The van der Waals surface area contributed by atoms with Gasteiger partial charge < -0.3 is 9.84 Å². The zero-order valence-corrected chi connectivity index (χ0v) is 16.6. The highest BCUT2D eigenvalue weighted by Gasteiger charge is 2.22. The van der Waals surface area contributed by atoms with Gasteiger partial charge in [-0.1, -0.05) is 65.0 Å². The van der Waals surface area contributed by atoms with E-state index < -0.39 is 6.10 Å². The molecule has 1 rings (SSSR count). The summed E-state index contributed by atoms with van der Waals surface area (Å²) in [4.78, 5) is 11.8. The average Bonchev–Trinajstić information content (AvgIpc) is 2.55.